The van der Waals surface area contributed by atoms with Crippen LogP contribution in [0.15, 0.2) is 54.9 Å². The van der Waals surface area contributed by atoms with Crippen molar-refractivity contribution in [3.05, 3.63) is 76.8 Å². The van der Waals surface area contributed by atoms with E-state index in [1.54, 1.807) is 24.5 Å². The van der Waals surface area contributed by atoms with Crippen LogP contribution in [0, 0.1) is 17.1 Å². The van der Waals surface area contributed by atoms with E-state index in [1.807, 2.05) is 35.0 Å². The molecule has 2 aromatic heterocycles. The van der Waals surface area contributed by atoms with Gasteiger partial charge in [0.15, 0.2) is 17.4 Å². The van der Waals surface area contributed by atoms with E-state index in [1.165, 1.54) is 18.1 Å². The van der Waals surface area contributed by atoms with E-state index in [-0.39, 0.29) is 19.0 Å². The van der Waals surface area contributed by atoms with Crippen molar-refractivity contribution in [2.75, 3.05) is 23.5 Å². The molecular formula is C24H19Cl2FN4O2S. The minimum atomic E-state index is -0.437. The maximum atomic E-state index is 14.5. The van der Waals surface area contributed by atoms with Crippen LogP contribution in [-0.2, 0) is 6.61 Å². The van der Waals surface area contributed by atoms with Crippen molar-refractivity contribution < 1.29 is 13.9 Å². The topological polar surface area (TPSA) is 72.1 Å². The van der Waals surface area contributed by atoms with E-state index < -0.39 is 5.82 Å². The van der Waals surface area contributed by atoms with Gasteiger partial charge in [0, 0.05) is 35.3 Å². The second-order valence-corrected chi connectivity index (χ2v) is 8.48. The Kier molecular flexibility index (Phi) is 7.68. The summed E-state index contributed by atoms with van der Waals surface area (Å²) in [4.78, 5) is 3.99. The first-order valence-electron chi connectivity index (χ1n) is 10.1. The number of alkyl halides is 1. The second-order valence-electron chi connectivity index (χ2n) is 7.09. The molecule has 0 bridgehead atoms. The third-order valence-electron chi connectivity index (χ3n) is 4.97. The summed E-state index contributed by atoms with van der Waals surface area (Å²) in [6.07, 6.45) is 5.21. The quantitative estimate of drug-likeness (QED) is 0.200. The molecule has 0 aliphatic rings. The fraction of sp³-hybridized carbons (Fsp3) is 0.167. The van der Waals surface area contributed by atoms with Gasteiger partial charge in [-0.25, -0.2) is 9.37 Å². The van der Waals surface area contributed by atoms with Crippen LogP contribution >= 0.6 is 35.1 Å². The fourth-order valence-electron chi connectivity index (χ4n) is 3.45. The van der Waals surface area contributed by atoms with E-state index in [4.69, 9.17) is 32.7 Å². The maximum Gasteiger partial charge on any atom is 0.172 e. The molecule has 0 radical (unpaired) electrons. The van der Waals surface area contributed by atoms with Crippen molar-refractivity contribution in [3.8, 4) is 23.3 Å². The van der Waals surface area contributed by atoms with Gasteiger partial charge < -0.3 is 18.8 Å². The van der Waals surface area contributed by atoms with E-state index in [0.717, 1.165) is 16.6 Å². The van der Waals surface area contributed by atoms with E-state index in [9.17, 15) is 9.65 Å². The van der Waals surface area contributed by atoms with Crippen LogP contribution in [0.3, 0.4) is 0 Å². The summed E-state index contributed by atoms with van der Waals surface area (Å²) in [5, 5.41) is 10.8. The molecule has 0 aliphatic heterocycles. The first kappa shape index (κ1) is 24.0. The van der Waals surface area contributed by atoms with Gasteiger partial charge in [-0.1, -0.05) is 23.5 Å². The van der Waals surface area contributed by atoms with Crippen molar-refractivity contribution in [3.63, 3.8) is 0 Å². The number of hydrogen-bond donors (Lipinski definition) is 1. The van der Waals surface area contributed by atoms with Crippen molar-refractivity contribution in [2.45, 2.75) is 6.61 Å². The highest BCUT2D eigenvalue weighted by atomic mass is 35.5. The van der Waals surface area contributed by atoms with Crippen LogP contribution in [0.25, 0.3) is 16.6 Å². The van der Waals surface area contributed by atoms with Gasteiger partial charge in [0.1, 0.15) is 25.0 Å². The molecule has 0 saturated carbocycles. The number of rotatable bonds is 9. The summed E-state index contributed by atoms with van der Waals surface area (Å²) >= 11 is 13.3. The predicted molar refractivity (Wildman–Crippen MR) is 135 cm³/mol. The van der Waals surface area contributed by atoms with Gasteiger partial charge in [-0.2, -0.15) is 5.26 Å². The number of halogens is 3. The van der Waals surface area contributed by atoms with E-state index >= 15 is 0 Å². The lowest BCUT2D eigenvalue weighted by Crippen LogP contribution is -2.03. The lowest BCUT2D eigenvalue weighted by molar-refractivity contribution is 0.300. The molecule has 4 rings (SSSR count). The molecule has 2 heterocycles. The molecule has 0 amide bonds. The number of ether oxygens (including phenoxy) is 2. The number of hydrogen-bond acceptors (Lipinski definition) is 6. The van der Waals surface area contributed by atoms with Gasteiger partial charge in [0.25, 0.3) is 0 Å². The molecule has 0 fully saturated rings. The van der Waals surface area contributed by atoms with Crippen LogP contribution < -0.4 is 14.2 Å². The number of benzene rings is 2. The highest BCUT2D eigenvalue weighted by molar-refractivity contribution is 7.99. The summed E-state index contributed by atoms with van der Waals surface area (Å²) in [5.41, 5.74) is 2.34. The zero-order valence-electron chi connectivity index (χ0n) is 18.0. The highest BCUT2D eigenvalue weighted by Gasteiger charge is 2.14. The Morgan fingerprint density at radius 3 is 2.82 bits per heavy atom. The van der Waals surface area contributed by atoms with Gasteiger partial charge in [-0.3, -0.25) is 0 Å². The fourth-order valence-corrected chi connectivity index (χ4v) is 4.13. The van der Waals surface area contributed by atoms with E-state index in [2.05, 4.69) is 15.8 Å². The molecule has 10 heteroatoms. The lowest BCUT2D eigenvalue weighted by atomic mass is 10.2. The summed E-state index contributed by atoms with van der Waals surface area (Å²) in [7, 11) is 0. The highest BCUT2D eigenvalue weighted by Crippen LogP contribution is 2.33. The minimum Gasteiger partial charge on any atom is -0.489 e. The SMILES string of the molecule is CSNc1nccc(COc2ccc3c(ccn3-c3cc(Cl)c(OCCCl)c(C#N)c3)c2)c1F. The minimum absolute atomic E-state index is 0.0640. The molecule has 0 aliphatic carbocycles. The number of nitrogens with one attached hydrogen (secondary N) is 1. The van der Waals surface area contributed by atoms with Crippen molar-refractivity contribution in [1.29, 1.82) is 5.26 Å². The molecule has 1 N–H and O–H groups in total. The third kappa shape index (κ3) is 5.02. The molecule has 0 unspecified atom stereocenters. The average molecular weight is 517 g/mol. The van der Waals surface area contributed by atoms with E-state index in [0.29, 0.717) is 33.5 Å². The Hall–Kier alpha value is -3.12. The normalized spacial score (nSPS) is 10.8. The average Bonchev–Trinajstić information content (AvgIpc) is 3.27. The van der Waals surface area contributed by atoms with Gasteiger partial charge in [0.05, 0.1) is 22.0 Å². The smallest absolute Gasteiger partial charge is 0.172 e. The standard InChI is InChI=1S/C24H19Cl2FN4O2S/c1-34-30-24-22(27)16(4-7-29-24)14-33-19-2-3-21-15(11-19)5-8-31(21)18-10-17(13-28)23(20(26)12-18)32-9-6-25/h2-5,7-8,10-12H,6,9,14H2,1H3,(H,29,30). The van der Waals surface area contributed by atoms with Gasteiger partial charge in [0.2, 0.25) is 0 Å². The zero-order chi connectivity index (χ0) is 24.1. The predicted octanol–water partition coefficient (Wildman–Crippen LogP) is 6.58. The van der Waals surface area contributed by atoms with Crippen molar-refractivity contribution in [2.24, 2.45) is 0 Å². The first-order chi connectivity index (χ1) is 16.5. The van der Waals surface area contributed by atoms with Crippen molar-refractivity contribution in [1.82, 2.24) is 9.55 Å². The second kappa shape index (κ2) is 10.9. The van der Waals surface area contributed by atoms with Crippen LogP contribution in [0.2, 0.25) is 5.02 Å². The molecule has 174 valence electrons. The summed E-state index contributed by atoms with van der Waals surface area (Å²) in [5.74, 6) is 0.948. The Morgan fingerprint density at radius 2 is 2.06 bits per heavy atom. The Balaban J connectivity index is 1.58. The largest absolute Gasteiger partial charge is 0.489 e. The number of aromatic nitrogens is 2. The number of nitrogens with zero attached hydrogens (tertiary/aromatic N) is 3. The van der Waals surface area contributed by atoms with Gasteiger partial charge >= 0.3 is 0 Å². The molecule has 0 atom stereocenters. The molecule has 2 aromatic carbocycles. The van der Waals surface area contributed by atoms with Crippen LogP contribution in [0.1, 0.15) is 11.1 Å². The Labute approximate surface area is 210 Å². The molecule has 4 aromatic rings. The maximum absolute atomic E-state index is 14.5. The summed E-state index contributed by atoms with van der Waals surface area (Å²) in [6.45, 7) is 0.317. The van der Waals surface area contributed by atoms with Gasteiger partial charge in [-0.05, 0) is 42.5 Å². The first-order valence-corrected chi connectivity index (χ1v) is 12.3. The van der Waals surface area contributed by atoms with Crippen molar-refractivity contribution >= 4 is 51.9 Å². The summed E-state index contributed by atoms with van der Waals surface area (Å²) < 4.78 is 30.6. The Morgan fingerprint density at radius 1 is 1.21 bits per heavy atom. The molecule has 0 saturated heterocycles. The Bertz CT molecular complexity index is 1370. The van der Waals surface area contributed by atoms with Crippen LogP contribution in [0.4, 0.5) is 10.2 Å². The monoisotopic (exact) mass is 516 g/mol. The molecule has 34 heavy (non-hydrogen) atoms. The number of pyridine rings is 1. The summed E-state index contributed by atoms with van der Waals surface area (Å²) in [6, 6.07) is 14.7. The number of fused-ring (bicyclic) bond motifs is 1. The molecular weight excluding hydrogens is 498 g/mol. The van der Waals surface area contributed by atoms with Gasteiger partial charge in [-0.15, -0.1) is 11.6 Å². The molecule has 0 spiro atoms. The third-order valence-corrected chi connectivity index (χ3v) is 5.81. The number of anilines is 1. The van der Waals surface area contributed by atoms with Crippen LogP contribution in [-0.4, -0.2) is 28.3 Å². The zero-order valence-corrected chi connectivity index (χ0v) is 20.3. The van der Waals surface area contributed by atoms with Crippen LogP contribution in [0.5, 0.6) is 11.5 Å². The number of nitriles is 1. The molecule has 6 nitrogen and oxygen atoms in total. The lowest BCUT2D eigenvalue weighted by Gasteiger charge is -2.13.